The molecule has 0 unspecified atom stereocenters. The summed E-state index contributed by atoms with van der Waals surface area (Å²) in [5.74, 6) is -3.99. The molecule has 0 bridgehead atoms. The summed E-state index contributed by atoms with van der Waals surface area (Å²) in [7, 11) is 0. The minimum atomic E-state index is -1.53. The molecule has 266 valence electrons. The highest BCUT2D eigenvalue weighted by atomic mass is 16.6. The number of ether oxygens (including phenoxy) is 2. The van der Waals surface area contributed by atoms with Crippen molar-refractivity contribution >= 4 is 40.2 Å². The lowest BCUT2D eigenvalue weighted by atomic mass is 9.77. The largest absolute Gasteiger partial charge is 0.455 e. The fourth-order valence-electron chi connectivity index (χ4n) is 8.39. The summed E-state index contributed by atoms with van der Waals surface area (Å²) in [6, 6.07) is 20.5. The molecule has 51 heavy (non-hydrogen) atoms. The van der Waals surface area contributed by atoms with E-state index in [9.17, 15) is 14.7 Å². The first-order chi connectivity index (χ1) is 24.7. The van der Waals surface area contributed by atoms with E-state index in [1.54, 1.807) is 30.1 Å². The van der Waals surface area contributed by atoms with Crippen LogP contribution in [0.1, 0.15) is 51.7 Å². The molecule has 4 aliphatic rings. The normalized spacial score (nSPS) is 31.4. The molecule has 1 spiro atoms. The Hall–Kier alpha value is -4.80. The Balaban J connectivity index is 1.35. The molecule has 4 aliphatic heterocycles. The number of likely N-dealkylation sites (tertiary alicyclic amines) is 1. The summed E-state index contributed by atoms with van der Waals surface area (Å²) < 4.78 is 13.2. The number of cyclic esters (lactones) is 1. The van der Waals surface area contributed by atoms with Crippen LogP contribution in [-0.2, 0) is 28.7 Å². The first kappa shape index (κ1) is 34.6. The van der Waals surface area contributed by atoms with Gasteiger partial charge in [-0.05, 0) is 47.7 Å². The van der Waals surface area contributed by atoms with Gasteiger partial charge in [0.1, 0.15) is 23.7 Å². The van der Waals surface area contributed by atoms with Crippen LogP contribution < -0.4 is 10.2 Å². The number of nitrogens with zero attached hydrogens (tertiary/aromatic N) is 2. The van der Waals surface area contributed by atoms with Crippen LogP contribution >= 0.6 is 0 Å². The molecule has 2 N–H and O–H groups in total. The second kappa shape index (κ2) is 14.1. The highest BCUT2D eigenvalue weighted by molar-refractivity contribution is 6.06. The van der Waals surface area contributed by atoms with Gasteiger partial charge in [-0.25, -0.2) is 0 Å². The van der Waals surface area contributed by atoms with Crippen LogP contribution in [0, 0.1) is 17.8 Å². The third-order valence-corrected chi connectivity index (χ3v) is 11.2. The summed E-state index contributed by atoms with van der Waals surface area (Å²) in [6.07, 6.45) is 6.65. The molecule has 3 aromatic rings. The van der Waals surface area contributed by atoms with Crippen molar-refractivity contribution in [1.29, 1.82) is 0 Å². The fourth-order valence-corrected chi connectivity index (χ4v) is 8.39. The summed E-state index contributed by atoms with van der Waals surface area (Å²) in [4.78, 5) is 60.7. The Morgan fingerprint density at radius 2 is 1.71 bits per heavy atom. The number of aliphatic hydroxyl groups is 1. The van der Waals surface area contributed by atoms with Gasteiger partial charge in [0.05, 0.1) is 30.7 Å². The quantitative estimate of drug-likeness (QED) is 0.279. The molecule has 4 heterocycles. The van der Waals surface area contributed by atoms with Gasteiger partial charge in [-0.3, -0.25) is 19.2 Å². The number of hydrogen-bond acceptors (Lipinski definition) is 7. The van der Waals surface area contributed by atoms with Crippen molar-refractivity contribution in [3.8, 4) is 0 Å². The van der Waals surface area contributed by atoms with Crippen molar-refractivity contribution in [3.05, 3.63) is 103 Å². The second-order valence-electron chi connectivity index (χ2n) is 14.2. The molecule has 3 amide bonds. The van der Waals surface area contributed by atoms with Crippen molar-refractivity contribution in [2.24, 2.45) is 17.8 Å². The number of rotatable bonds is 6. The highest BCUT2D eigenvalue weighted by Crippen LogP contribution is 2.54. The zero-order valence-electron chi connectivity index (χ0n) is 29.2. The number of esters is 1. The predicted octanol–water partition coefficient (Wildman–Crippen LogP) is 4.87. The van der Waals surface area contributed by atoms with Crippen LogP contribution in [0.2, 0.25) is 0 Å². The SMILES string of the molecule is CC[C@H](C)[C@H](CO)N1C(=O)[C@H]2[C@@H]3C(=O)O[C@@H](c4ccccc4)[C@H](C)NC(=O)CC/C=C\[C@@H]3O[C@]23C=CCN(c2ccc4ccccc4c2)C(=O)[C@H]13. The molecule has 3 aromatic carbocycles. The van der Waals surface area contributed by atoms with E-state index in [2.05, 4.69) is 5.32 Å². The molecule has 10 heteroatoms. The molecule has 0 radical (unpaired) electrons. The molecule has 9 atom stereocenters. The van der Waals surface area contributed by atoms with Crippen molar-refractivity contribution < 1.29 is 33.8 Å². The van der Waals surface area contributed by atoms with E-state index < -0.39 is 59.6 Å². The second-order valence-corrected chi connectivity index (χ2v) is 14.2. The summed E-state index contributed by atoms with van der Waals surface area (Å²) in [5.41, 5.74) is -0.163. The molecule has 0 aromatic heterocycles. The summed E-state index contributed by atoms with van der Waals surface area (Å²) in [6.45, 7) is 5.57. The Labute approximate surface area is 298 Å². The van der Waals surface area contributed by atoms with Gasteiger partial charge in [0.15, 0.2) is 0 Å². The van der Waals surface area contributed by atoms with Crippen molar-refractivity contribution in [2.45, 2.75) is 76.0 Å². The number of allylic oxidation sites excluding steroid dienone is 1. The van der Waals surface area contributed by atoms with Gasteiger partial charge in [0.25, 0.3) is 5.91 Å². The van der Waals surface area contributed by atoms with E-state index in [0.29, 0.717) is 24.1 Å². The number of benzene rings is 3. The van der Waals surface area contributed by atoms with Gasteiger partial charge < -0.3 is 29.7 Å². The standard InChI is InChI=1S/C41H45N3O7/c1-4-25(2)31(24-45)44-37-39(48)43(30-20-19-27-13-8-9-16-29(27)23-30)22-12-21-41(37)35(38(44)47)34-32(51-41)17-10-11-18-33(46)42-26(3)36(50-40(34)49)28-14-6-5-7-15-28/h5-10,12-17,19-21,23,25-26,31-32,34-37,45H,4,11,18,22,24H2,1-3H3,(H,42,46)/b17-10-/t25-,26-,31-,32-,34+,35+,36+,37-,41+/m0/s1. The van der Waals surface area contributed by atoms with Crippen LogP contribution in [0.25, 0.3) is 10.8 Å². The zero-order valence-corrected chi connectivity index (χ0v) is 29.2. The summed E-state index contributed by atoms with van der Waals surface area (Å²) >= 11 is 0. The number of anilines is 1. The van der Waals surface area contributed by atoms with Gasteiger partial charge >= 0.3 is 5.97 Å². The molecule has 2 saturated heterocycles. The molecule has 0 aliphatic carbocycles. The van der Waals surface area contributed by atoms with Crippen molar-refractivity contribution in [2.75, 3.05) is 18.1 Å². The maximum Gasteiger partial charge on any atom is 0.313 e. The van der Waals surface area contributed by atoms with Gasteiger partial charge in [0.2, 0.25) is 11.8 Å². The molecule has 0 saturated carbocycles. The van der Waals surface area contributed by atoms with Crippen LogP contribution in [0.4, 0.5) is 5.69 Å². The lowest BCUT2D eigenvalue weighted by Crippen LogP contribution is -2.59. The van der Waals surface area contributed by atoms with Gasteiger partial charge in [-0.1, -0.05) is 105 Å². The first-order valence-corrected chi connectivity index (χ1v) is 18.0. The van der Waals surface area contributed by atoms with Gasteiger partial charge in [-0.15, -0.1) is 0 Å². The third-order valence-electron chi connectivity index (χ3n) is 11.2. The Morgan fingerprint density at radius 1 is 0.961 bits per heavy atom. The number of hydrogen-bond donors (Lipinski definition) is 2. The van der Waals surface area contributed by atoms with Crippen molar-refractivity contribution in [3.63, 3.8) is 0 Å². The highest BCUT2D eigenvalue weighted by Gasteiger charge is 2.73. The Kier molecular flexibility index (Phi) is 9.56. The lowest BCUT2D eigenvalue weighted by molar-refractivity contribution is -0.162. The number of aliphatic hydroxyl groups excluding tert-OH is 1. The summed E-state index contributed by atoms with van der Waals surface area (Å²) in [5, 5.41) is 15.8. The van der Waals surface area contributed by atoms with E-state index in [0.717, 1.165) is 10.8 Å². The monoisotopic (exact) mass is 691 g/mol. The minimum absolute atomic E-state index is 0.158. The van der Waals surface area contributed by atoms with E-state index in [1.807, 2.05) is 92.7 Å². The first-order valence-electron chi connectivity index (χ1n) is 18.0. The molecule has 7 rings (SSSR count). The minimum Gasteiger partial charge on any atom is -0.455 e. The number of amides is 3. The van der Waals surface area contributed by atoms with Crippen LogP contribution in [0.15, 0.2) is 97.1 Å². The Bertz CT molecular complexity index is 1880. The lowest BCUT2D eigenvalue weighted by Gasteiger charge is -2.40. The van der Waals surface area contributed by atoms with E-state index >= 15 is 9.59 Å². The molecule has 2 fully saturated rings. The maximum absolute atomic E-state index is 15.1. The van der Waals surface area contributed by atoms with E-state index in [1.165, 1.54) is 4.90 Å². The van der Waals surface area contributed by atoms with Gasteiger partial charge in [0, 0.05) is 18.7 Å². The number of carbonyl (C=O) groups excluding carboxylic acids is 4. The van der Waals surface area contributed by atoms with Crippen molar-refractivity contribution in [1.82, 2.24) is 10.2 Å². The van der Waals surface area contributed by atoms with E-state index in [-0.39, 0.29) is 37.3 Å². The topological polar surface area (TPSA) is 125 Å². The molecular weight excluding hydrogens is 646 g/mol. The number of fused-ring (bicyclic) bond motifs is 3. The predicted molar refractivity (Wildman–Crippen MR) is 192 cm³/mol. The smallest absolute Gasteiger partial charge is 0.313 e. The van der Waals surface area contributed by atoms with Crippen LogP contribution in [0.5, 0.6) is 0 Å². The van der Waals surface area contributed by atoms with Crippen LogP contribution in [0.3, 0.4) is 0 Å². The fraction of sp³-hybridized carbons (Fsp3) is 0.415. The van der Waals surface area contributed by atoms with Crippen LogP contribution in [-0.4, -0.2) is 76.7 Å². The maximum atomic E-state index is 15.1. The molecular formula is C41H45N3O7. The number of nitrogens with one attached hydrogen (secondary N) is 1. The zero-order chi connectivity index (χ0) is 35.9. The average molecular weight is 692 g/mol. The molecule has 10 nitrogen and oxygen atoms in total. The van der Waals surface area contributed by atoms with E-state index in [4.69, 9.17) is 9.47 Å². The Morgan fingerprint density at radius 3 is 2.45 bits per heavy atom. The number of carbonyl (C=O) groups is 4. The average Bonchev–Trinajstić information content (AvgIpc) is 3.53. The third kappa shape index (κ3) is 6.04. The van der Waals surface area contributed by atoms with Gasteiger partial charge in [-0.2, -0.15) is 0 Å².